The molecule has 0 amide bonds. The number of hydrogen-bond donors (Lipinski definition) is 1. The van der Waals surface area contributed by atoms with E-state index in [9.17, 15) is 13.2 Å². The smallest absolute Gasteiger partial charge is 0.422 e. The first-order valence-electron chi connectivity index (χ1n) is 8.22. The van der Waals surface area contributed by atoms with Crippen LogP contribution in [0.15, 0.2) is 47.0 Å². The molecule has 3 rings (SSSR count). The summed E-state index contributed by atoms with van der Waals surface area (Å²) >= 11 is 0. The molecule has 28 heavy (non-hydrogen) atoms. The van der Waals surface area contributed by atoms with E-state index in [0.717, 1.165) is 11.1 Å². The monoisotopic (exact) mass is 388 g/mol. The number of rotatable bonds is 6. The van der Waals surface area contributed by atoms with Gasteiger partial charge in [-0.05, 0) is 30.7 Å². The molecule has 2 aromatic carbocycles. The van der Waals surface area contributed by atoms with Crippen LogP contribution in [-0.4, -0.2) is 22.9 Å². The number of nitriles is 1. The van der Waals surface area contributed by atoms with E-state index < -0.39 is 12.8 Å². The molecule has 0 fully saturated rings. The minimum absolute atomic E-state index is 0.0135. The molecule has 1 N–H and O–H groups in total. The van der Waals surface area contributed by atoms with E-state index in [0.29, 0.717) is 17.4 Å². The maximum Gasteiger partial charge on any atom is 0.422 e. The molecule has 0 saturated carbocycles. The Hall–Kier alpha value is -3.54. The second kappa shape index (κ2) is 8.00. The first-order valence-corrected chi connectivity index (χ1v) is 8.22. The number of nitrogens with one attached hydrogen (secondary N) is 1. The van der Waals surface area contributed by atoms with Crippen molar-refractivity contribution < 1.29 is 22.4 Å². The van der Waals surface area contributed by atoms with Crippen LogP contribution in [0.1, 0.15) is 17.0 Å². The molecular weight excluding hydrogens is 373 g/mol. The number of aryl methyl sites for hydroxylation is 1. The lowest BCUT2D eigenvalue weighted by molar-refractivity contribution is -0.153. The lowest BCUT2D eigenvalue weighted by Gasteiger charge is -2.11. The van der Waals surface area contributed by atoms with Crippen LogP contribution in [-0.2, 0) is 6.54 Å². The molecule has 144 valence electrons. The maximum absolute atomic E-state index is 12.3. The lowest BCUT2D eigenvalue weighted by atomic mass is 10.1. The fraction of sp³-hybridized carbons (Fsp3) is 0.211. The van der Waals surface area contributed by atoms with Crippen LogP contribution in [0.3, 0.4) is 0 Å². The van der Waals surface area contributed by atoms with Gasteiger partial charge in [0.15, 0.2) is 6.61 Å². The van der Waals surface area contributed by atoms with Gasteiger partial charge in [0.1, 0.15) is 11.8 Å². The molecule has 0 radical (unpaired) electrons. The number of alkyl halides is 3. The average molecular weight is 388 g/mol. The quantitative estimate of drug-likeness (QED) is 0.671. The Balaban J connectivity index is 1.67. The Morgan fingerprint density at radius 1 is 1.21 bits per heavy atom. The number of benzene rings is 2. The van der Waals surface area contributed by atoms with Gasteiger partial charge in [-0.25, -0.2) is 0 Å². The summed E-state index contributed by atoms with van der Waals surface area (Å²) in [6.07, 6.45) is -4.48. The summed E-state index contributed by atoms with van der Waals surface area (Å²) in [6, 6.07) is 13.6. The molecule has 3 aromatic rings. The second-order valence-electron chi connectivity index (χ2n) is 5.91. The molecular formula is C19H15F3N4O2. The first kappa shape index (κ1) is 19.2. The Morgan fingerprint density at radius 3 is 2.71 bits per heavy atom. The third-order valence-corrected chi connectivity index (χ3v) is 3.79. The van der Waals surface area contributed by atoms with E-state index in [2.05, 4.69) is 20.2 Å². The van der Waals surface area contributed by atoms with Crippen molar-refractivity contribution in [1.29, 1.82) is 5.26 Å². The number of nitrogens with zero attached hydrogens (tertiary/aromatic N) is 3. The van der Waals surface area contributed by atoms with Crippen LogP contribution >= 0.6 is 0 Å². The fourth-order valence-electron chi connectivity index (χ4n) is 2.45. The van der Waals surface area contributed by atoms with Crippen molar-refractivity contribution in [2.75, 3.05) is 11.9 Å². The topological polar surface area (TPSA) is 84.0 Å². The highest BCUT2D eigenvalue weighted by Crippen LogP contribution is 2.25. The minimum atomic E-state index is -4.48. The van der Waals surface area contributed by atoms with E-state index in [4.69, 9.17) is 9.78 Å². The van der Waals surface area contributed by atoms with Gasteiger partial charge >= 0.3 is 6.18 Å². The molecule has 9 heteroatoms. The van der Waals surface area contributed by atoms with E-state index in [1.165, 1.54) is 18.2 Å². The predicted molar refractivity (Wildman–Crippen MR) is 94.5 cm³/mol. The summed E-state index contributed by atoms with van der Waals surface area (Å²) in [6.45, 7) is 0.667. The van der Waals surface area contributed by atoms with Crippen LogP contribution in [0, 0.1) is 18.3 Å². The van der Waals surface area contributed by atoms with Crippen molar-refractivity contribution in [3.63, 3.8) is 0 Å². The predicted octanol–water partition coefficient (Wildman–Crippen LogP) is 4.47. The molecule has 0 unspecified atom stereocenters. The van der Waals surface area contributed by atoms with Crippen molar-refractivity contribution in [3.05, 3.63) is 59.5 Å². The lowest BCUT2D eigenvalue weighted by Crippen LogP contribution is -2.19. The molecule has 6 nitrogen and oxygen atoms in total. The van der Waals surface area contributed by atoms with Crippen molar-refractivity contribution >= 4 is 5.69 Å². The zero-order valence-electron chi connectivity index (χ0n) is 14.7. The Kier molecular flexibility index (Phi) is 5.49. The summed E-state index contributed by atoms with van der Waals surface area (Å²) in [7, 11) is 0. The third-order valence-electron chi connectivity index (χ3n) is 3.79. The van der Waals surface area contributed by atoms with Gasteiger partial charge in [-0.15, -0.1) is 0 Å². The molecule has 0 bridgehead atoms. The van der Waals surface area contributed by atoms with Crippen molar-refractivity contribution in [2.24, 2.45) is 0 Å². The first-order chi connectivity index (χ1) is 13.4. The van der Waals surface area contributed by atoms with Crippen LogP contribution in [0.2, 0.25) is 0 Å². The largest absolute Gasteiger partial charge is 0.483 e. The minimum Gasteiger partial charge on any atom is -0.483 e. The molecule has 1 heterocycles. The van der Waals surface area contributed by atoms with E-state index >= 15 is 0 Å². The summed E-state index contributed by atoms with van der Waals surface area (Å²) in [4.78, 5) is 4.32. The van der Waals surface area contributed by atoms with E-state index in [1.807, 2.05) is 37.3 Å². The van der Waals surface area contributed by atoms with Gasteiger partial charge in [-0.3, -0.25) is 0 Å². The van der Waals surface area contributed by atoms with Gasteiger partial charge in [0.2, 0.25) is 11.7 Å². The van der Waals surface area contributed by atoms with Crippen LogP contribution < -0.4 is 10.1 Å². The zero-order valence-corrected chi connectivity index (χ0v) is 14.7. The molecule has 0 aliphatic heterocycles. The third kappa shape index (κ3) is 4.79. The van der Waals surface area contributed by atoms with Gasteiger partial charge in [-0.1, -0.05) is 29.4 Å². The van der Waals surface area contributed by atoms with Crippen LogP contribution in [0.4, 0.5) is 18.9 Å². The normalized spacial score (nSPS) is 11.1. The van der Waals surface area contributed by atoms with Gasteiger partial charge in [0.05, 0.1) is 12.1 Å². The van der Waals surface area contributed by atoms with Crippen molar-refractivity contribution in [2.45, 2.75) is 19.6 Å². The van der Waals surface area contributed by atoms with Gasteiger partial charge < -0.3 is 14.6 Å². The standard InChI is InChI=1S/C19H15F3N4O2/c1-12-4-2-3-5-15(12)18-25-17(28-26-18)10-24-14-6-7-16(13(8-14)9-23)27-11-19(20,21)22/h2-8,24H,10-11H2,1H3. The van der Waals surface area contributed by atoms with Gasteiger partial charge in [0, 0.05) is 11.3 Å². The van der Waals surface area contributed by atoms with Gasteiger partial charge in [0.25, 0.3) is 0 Å². The second-order valence-corrected chi connectivity index (χ2v) is 5.91. The molecule has 0 atom stereocenters. The highest BCUT2D eigenvalue weighted by molar-refractivity contribution is 5.59. The van der Waals surface area contributed by atoms with E-state index in [-0.39, 0.29) is 17.9 Å². The number of ether oxygens (including phenoxy) is 1. The number of aromatic nitrogens is 2. The Labute approximate surface area is 158 Å². The molecule has 0 aliphatic carbocycles. The fourth-order valence-corrected chi connectivity index (χ4v) is 2.45. The average Bonchev–Trinajstić information content (AvgIpc) is 3.13. The summed E-state index contributed by atoms with van der Waals surface area (Å²) in [5.41, 5.74) is 2.36. The van der Waals surface area contributed by atoms with Crippen molar-refractivity contribution in [1.82, 2.24) is 10.1 Å². The Morgan fingerprint density at radius 2 is 2.00 bits per heavy atom. The number of anilines is 1. The van der Waals surface area contributed by atoms with Crippen molar-refractivity contribution in [3.8, 4) is 23.2 Å². The molecule has 0 spiro atoms. The molecule has 0 saturated heterocycles. The Bertz CT molecular complexity index is 1010. The number of hydrogen-bond acceptors (Lipinski definition) is 6. The maximum atomic E-state index is 12.3. The molecule has 1 aromatic heterocycles. The summed E-state index contributed by atoms with van der Waals surface area (Å²) in [5, 5.41) is 16.1. The zero-order chi connectivity index (χ0) is 20.1. The highest BCUT2D eigenvalue weighted by Gasteiger charge is 2.28. The number of halogens is 3. The van der Waals surface area contributed by atoms with Crippen LogP contribution in [0.5, 0.6) is 5.75 Å². The molecule has 0 aliphatic rings. The SMILES string of the molecule is Cc1ccccc1-c1noc(CNc2ccc(OCC(F)(F)F)c(C#N)c2)n1. The summed E-state index contributed by atoms with van der Waals surface area (Å²) < 4.78 is 46.7. The summed E-state index contributed by atoms with van der Waals surface area (Å²) in [5.74, 6) is 0.655. The van der Waals surface area contributed by atoms with Gasteiger partial charge in [-0.2, -0.15) is 23.4 Å². The van der Waals surface area contributed by atoms with E-state index in [1.54, 1.807) is 0 Å². The van der Waals surface area contributed by atoms with Crippen LogP contribution in [0.25, 0.3) is 11.4 Å². The highest BCUT2D eigenvalue weighted by atomic mass is 19.4.